The zero-order valence-corrected chi connectivity index (χ0v) is 12.5. The minimum absolute atomic E-state index is 0.186. The quantitative estimate of drug-likeness (QED) is 0.798. The van der Waals surface area contributed by atoms with Crippen LogP contribution in [0.3, 0.4) is 0 Å². The van der Waals surface area contributed by atoms with Gasteiger partial charge in [-0.25, -0.2) is 8.42 Å². The van der Waals surface area contributed by atoms with Crippen LogP contribution in [0.5, 0.6) is 5.75 Å². The van der Waals surface area contributed by atoms with Crippen LogP contribution in [0.15, 0.2) is 59.5 Å². The monoisotopic (exact) mass is 307 g/mol. The maximum absolute atomic E-state index is 12.2. The van der Waals surface area contributed by atoms with Gasteiger partial charge in [0.15, 0.2) is 0 Å². The molecule has 0 bridgehead atoms. The lowest BCUT2D eigenvalue weighted by Crippen LogP contribution is -2.12. The molecule has 0 aromatic heterocycles. The third kappa shape index (κ3) is 4.47. The zero-order valence-electron chi connectivity index (χ0n) is 11.7. The predicted molar refractivity (Wildman–Crippen MR) is 81.1 cm³/mol. The number of sulfonamides is 1. The van der Waals surface area contributed by atoms with Crippen LogP contribution < -0.4 is 9.46 Å². The van der Waals surface area contributed by atoms with Gasteiger partial charge < -0.3 is 9.47 Å². The van der Waals surface area contributed by atoms with Crippen molar-refractivity contribution in [3.05, 3.63) is 54.6 Å². The Labute approximate surface area is 124 Å². The number of rotatable bonds is 7. The molecule has 21 heavy (non-hydrogen) atoms. The largest absolute Gasteiger partial charge is 0.491 e. The van der Waals surface area contributed by atoms with Crippen LogP contribution in [0.4, 0.5) is 5.69 Å². The Morgan fingerprint density at radius 1 is 0.952 bits per heavy atom. The van der Waals surface area contributed by atoms with Crippen LogP contribution in [-0.4, -0.2) is 28.7 Å². The molecule has 2 rings (SSSR count). The summed E-state index contributed by atoms with van der Waals surface area (Å²) in [7, 11) is -1.99. The lowest BCUT2D eigenvalue weighted by atomic mass is 10.3. The van der Waals surface area contributed by atoms with Crippen LogP contribution in [0.1, 0.15) is 0 Å². The lowest BCUT2D eigenvalue weighted by molar-refractivity contribution is 0.146. The van der Waals surface area contributed by atoms with Gasteiger partial charge in [0.25, 0.3) is 10.0 Å². The molecule has 0 atom stereocenters. The van der Waals surface area contributed by atoms with E-state index in [4.69, 9.17) is 9.47 Å². The predicted octanol–water partition coefficient (Wildman–Crippen LogP) is 2.51. The highest BCUT2D eigenvalue weighted by atomic mass is 32.2. The van der Waals surface area contributed by atoms with E-state index in [0.717, 1.165) is 0 Å². The summed E-state index contributed by atoms with van der Waals surface area (Å²) in [4.78, 5) is 0.186. The Morgan fingerprint density at radius 3 is 2.24 bits per heavy atom. The maximum atomic E-state index is 12.2. The topological polar surface area (TPSA) is 64.6 Å². The summed E-state index contributed by atoms with van der Waals surface area (Å²) in [6, 6.07) is 15.0. The standard InChI is InChI=1S/C15H17NO4S/c1-19-11-12-20-14-7-9-15(10-8-14)21(17,18)16-13-5-3-2-4-6-13/h2-10,16H,11-12H2,1H3. The van der Waals surface area contributed by atoms with Crippen LogP contribution >= 0.6 is 0 Å². The van der Waals surface area contributed by atoms with Crippen LogP contribution in [0.25, 0.3) is 0 Å². The average Bonchev–Trinajstić information content (AvgIpc) is 2.49. The Kier molecular flexibility index (Phi) is 5.19. The highest BCUT2D eigenvalue weighted by Crippen LogP contribution is 2.19. The number of methoxy groups -OCH3 is 1. The van der Waals surface area contributed by atoms with Crippen LogP contribution in [-0.2, 0) is 14.8 Å². The van der Waals surface area contributed by atoms with Gasteiger partial charge in [0.1, 0.15) is 12.4 Å². The number of ether oxygens (including phenoxy) is 2. The Hall–Kier alpha value is -2.05. The highest BCUT2D eigenvalue weighted by molar-refractivity contribution is 7.92. The SMILES string of the molecule is COCCOc1ccc(S(=O)(=O)Nc2ccccc2)cc1. The highest BCUT2D eigenvalue weighted by Gasteiger charge is 2.13. The first-order valence-corrected chi connectivity index (χ1v) is 7.90. The number of anilines is 1. The second-order valence-corrected chi connectivity index (χ2v) is 5.97. The lowest BCUT2D eigenvalue weighted by Gasteiger charge is -2.09. The van der Waals surface area contributed by atoms with E-state index in [-0.39, 0.29) is 4.90 Å². The molecule has 0 aliphatic rings. The van der Waals surface area contributed by atoms with Gasteiger partial charge in [0.2, 0.25) is 0 Å². The molecule has 0 saturated heterocycles. The molecule has 0 fully saturated rings. The summed E-state index contributed by atoms with van der Waals surface area (Å²) < 4.78 is 37.2. The fraction of sp³-hybridized carbons (Fsp3) is 0.200. The molecule has 0 saturated carbocycles. The van der Waals surface area contributed by atoms with Crippen molar-refractivity contribution in [1.82, 2.24) is 0 Å². The van der Waals surface area contributed by atoms with E-state index < -0.39 is 10.0 Å². The maximum Gasteiger partial charge on any atom is 0.261 e. The van der Waals surface area contributed by atoms with Gasteiger partial charge in [-0.15, -0.1) is 0 Å². The average molecular weight is 307 g/mol. The molecule has 112 valence electrons. The minimum atomic E-state index is -3.59. The van der Waals surface area contributed by atoms with Crippen molar-refractivity contribution in [3.8, 4) is 5.75 Å². The third-order valence-electron chi connectivity index (χ3n) is 2.72. The number of hydrogen-bond donors (Lipinski definition) is 1. The Bertz CT molecular complexity index is 654. The summed E-state index contributed by atoms with van der Waals surface area (Å²) in [5.41, 5.74) is 0.526. The van der Waals surface area contributed by atoms with E-state index in [1.54, 1.807) is 43.5 Å². The van der Waals surface area contributed by atoms with Crippen molar-refractivity contribution in [2.45, 2.75) is 4.90 Å². The van der Waals surface area contributed by atoms with Crippen molar-refractivity contribution < 1.29 is 17.9 Å². The van der Waals surface area contributed by atoms with Crippen molar-refractivity contribution in [3.63, 3.8) is 0 Å². The first kappa shape index (κ1) is 15.3. The second kappa shape index (κ2) is 7.10. The molecule has 2 aromatic rings. The van der Waals surface area contributed by atoms with E-state index in [9.17, 15) is 8.42 Å². The summed E-state index contributed by atoms with van der Waals surface area (Å²) in [5.74, 6) is 0.603. The van der Waals surface area contributed by atoms with Gasteiger partial charge >= 0.3 is 0 Å². The first-order valence-electron chi connectivity index (χ1n) is 6.41. The second-order valence-electron chi connectivity index (χ2n) is 4.28. The molecule has 0 aliphatic carbocycles. The normalized spacial score (nSPS) is 11.1. The van der Waals surface area contributed by atoms with Gasteiger partial charge in [-0.3, -0.25) is 4.72 Å². The fourth-order valence-electron chi connectivity index (χ4n) is 1.68. The summed E-state index contributed by atoms with van der Waals surface area (Å²) in [5, 5.41) is 0. The zero-order chi connectivity index (χ0) is 15.1. The molecule has 1 N–H and O–H groups in total. The smallest absolute Gasteiger partial charge is 0.261 e. The molecule has 5 nitrogen and oxygen atoms in total. The molecule has 0 radical (unpaired) electrons. The molecular formula is C15H17NO4S. The minimum Gasteiger partial charge on any atom is -0.491 e. The van der Waals surface area contributed by atoms with Crippen molar-refractivity contribution in [2.75, 3.05) is 25.0 Å². The third-order valence-corrected chi connectivity index (χ3v) is 4.11. The number of hydrogen-bond acceptors (Lipinski definition) is 4. The molecule has 6 heteroatoms. The van der Waals surface area contributed by atoms with Crippen molar-refractivity contribution >= 4 is 15.7 Å². The summed E-state index contributed by atoms with van der Waals surface area (Å²) in [6.07, 6.45) is 0. The van der Waals surface area contributed by atoms with Gasteiger partial charge in [-0.2, -0.15) is 0 Å². The fourth-order valence-corrected chi connectivity index (χ4v) is 2.74. The first-order chi connectivity index (χ1) is 10.1. The molecule has 0 spiro atoms. The number of para-hydroxylation sites is 1. The van der Waals surface area contributed by atoms with E-state index in [0.29, 0.717) is 24.7 Å². The number of nitrogens with one attached hydrogen (secondary N) is 1. The van der Waals surface area contributed by atoms with Gasteiger partial charge in [-0.05, 0) is 36.4 Å². The molecule has 0 unspecified atom stereocenters. The molecule has 0 amide bonds. The molecule has 0 aliphatic heterocycles. The van der Waals surface area contributed by atoms with E-state index in [2.05, 4.69) is 4.72 Å². The van der Waals surface area contributed by atoms with Gasteiger partial charge in [0, 0.05) is 12.8 Å². The Balaban J connectivity index is 2.06. The van der Waals surface area contributed by atoms with Crippen LogP contribution in [0.2, 0.25) is 0 Å². The van der Waals surface area contributed by atoms with Crippen LogP contribution in [0, 0.1) is 0 Å². The van der Waals surface area contributed by atoms with E-state index in [1.165, 1.54) is 12.1 Å². The van der Waals surface area contributed by atoms with E-state index >= 15 is 0 Å². The van der Waals surface area contributed by atoms with Crippen molar-refractivity contribution in [1.29, 1.82) is 0 Å². The summed E-state index contributed by atoms with van der Waals surface area (Å²) in [6.45, 7) is 0.903. The molecule has 0 heterocycles. The molecular weight excluding hydrogens is 290 g/mol. The van der Waals surface area contributed by atoms with E-state index in [1.807, 2.05) is 6.07 Å². The Morgan fingerprint density at radius 2 is 1.62 bits per heavy atom. The number of benzene rings is 2. The van der Waals surface area contributed by atoms with Gasteiger partial charge in [-0.1, -0.05) is 18.2 Å². The van der Waals surface area contributed by atoms with Gasteiger partial charge in [0.05, 0.1) is 11.5 Å². The van der Waals surface area contributed by atoms with Crippen molar-refractivity contribution in [2.24, 2.45) is 0 Å². The molecule has 2 aromatic carbocycles. The summed E-state index contributed by atoms with van der Waals surface area (Å²) >= 11 is 0.